The van der Waals surface area contributed by atoms with Crippen LogP contribution in [0.2, 0.25) is 5.02 Å². The molecule has 96 valence electrons. The summed E-state index contributed by atoms with van der Waals surface area (Å²) in [5, 5.41) is 17.8. The van der Waals surface area contributed by atoms with E-state index in [1.54, 1.807) is 12.1 Å². The van der Waals surface area contributed by atoms with Crippen LogP contribution in [0.25, 0.3) is 0 Å². The maximum atomic E-state index is 9.77. The molecule has 1 saturated carbocycles. The van der Waals surface area contributed by atoms with Crippen LogP contribution in [0.1, 0.15) is 18.4 Å². The summed E-state index contributed by atoms with van der Waals surface area (Å²) >= 11 is 14.1. The van der Waals surface area contributed by atoms with Gasteiger partial charge >= 0.3 is 0 Å². The first-order valence-corrected chi connectivity index (χ1v) is 6.92. The zero-order chi connectivity index (χ0) is 13.1. The van der Waals surface area contributed by atoms with E-state index in [1.807, 2.05) is 0 Å². The van der Waals surface area contributed by atoms with Crippen molar-refractivity contribution >= 4 is 51.1 Å². The number of aromatic hydroxyl groups is 1. The van der Waals surface area contributed by atoms with Gasteiger partial charge in [0.1, 0.15) is 5.75 Å². The van der Waals surface area contributed by atoms with Crippen LogP contribution in [0.4, 0.5) is 0 Å². The molecule has 3 N–H and O–H groups in total. The number of phenolic OH excluding ortho intramolecular Hbond substituents is 1. The van der Waals surface area contributed by atoms with Gasteiger partial charge in [-0.15, -0.1) is 0 Å². The maximum absolute atomic E-state index is 9.77. The molecule has 1 fully saturated rings. The molecule has 4 nitrogen and oxygen atoms in total. The van der Waals surface area contributed by atoms with E-state index in [-0.39, 0.29) is 5.75 Å². The maximum Gasteiger partial charge on any atom is 0.187 e. The van der Waals surface area contributed by atoms with Gasteiger partial charge in [0.15, 0.2) is 5.11 Å². The molecule has 18 heavy (non-hydrogen) atoms. The smallest absolute Gasteiger partial charge is 0.187 e. The molecular formula is C11H11BrClN3OS. The molecule has 2 rings (SSSR count). The Kier molecular flexibility index (Phi) is 4.42. The van der Waals surface area contributed by atoms with Gasteiger partial charge in [0.05, 0.1) is 10.7 Å². The Morgan fingerprint density at radius 2 is 2.28 bits per heavy atom. The van der Waals surface area contributed by atoms with Crippen molar-refractivity contribution in [1.29, 1.82) is 0 Å². The highest BCUT2D eigenvalue weighted by atomic mass is 79.9. The van der Waals surface area contributed by atoms with Gasteiger partial charge in [0, 0.05) is 16.6 Å². The number of hydrogen-bond acceptors (Lipinski definition) is 3. The number of hydrazone groups is 1. The number of hydrogen-bond donors (Lipinski definition) is 3. The number of benzene rings is 1. The average Bonchev–Trinajstić information content (AvgIpc) is 3.08. The van der Waals surface area contributed by atoms with E-state index in [0.29, 0.717) is 26.2 Å². The monoisotopic (exact) mass is 347 g/mol. The number of halogens is 2. The highest BCUT2D eigenvalue weighted by Crippen LogP contribution is 2.30. The third kappa shape index (κ3) is 3.83. The standard InChI is InChI=1S/C11H11BrClN3OS/c12-9-4-7(13)3-6(10(9)17)5-14-16-11(18)15-8-1-2-8/h3-5,8,17H,1-2H2,(H2,15,16,18)/b14-5+. The third-order valence-electron chi connectivity index (χ3n) is 2.34. The molecule has 0 bridgehead atoms. The SMILES string of the molecule is Oc1c(Br)cc(Cl)cc1/C=N/NC(=S)NC1CC1. The first kappa shape index (κ1) is 13.6. The van der Waals surface area contributed by atoms with E-state index in [1.165, 1.54) is 6.21 Å². The second-order valence-corrected chi connectivity index (χ2v) is 5.64. The quantitative estimate of drug-likeness (QED) is 0.447. The van der Waals surface area contributed by atoms with E-state index in [2.05, 4.69) is 31.8 Å². The van der Waals surface area contributed by atoms with Gasteiger partial charge in [-0.25, -0.2) is 0 Å². The molecule has 1 aliphatic carbocycles. The van der Waals surface area contributed by atoms with Gasteiger partial charge < -0.3 is 10.4 Å². The fourth-order valence-electron chi connectivity index (χ4n) is 1.29. The second kappa shape index (κ2) is 5.86. The lowest BCUT2D eigenvalue weighted by molar-refractivity contribution is 0.471. The predicted molar refractivity (Wildman–Crippen MR) is 80.3 cm³/mol. The van der Waals surface area contributed by atoms with Crippen molar-refractivity contribution in [3.05, 3.63) is 27.2 Å². The van der Waals surface area contributed by atoms with Gasteiger partial charge in [0.2, 0.25) is 0 Å². The molecule has 0 amide bonds. The van der Waals surface area contributed by atoms with Gasteiger partial charge in [-0.3, -0.25) is 5.43 Å². The van der Waals surface area contributed by atoms with Crippen LogP contribution in [-0.4, -0.2) is 22.5 Å². The Hall–Kier alpha value is -0.850. The van der Waals surface area contributed by atoms with Gasteiger partial charge in [-0.05, 0) is 53.1 Å². The summed E-state index contributed by atoms with van der Waals surface area (Å²) < 4.78 is 0.523. The molecule has 0 aromatic heterocycles. The summed E-state index contributed by atoms with van der Waals surface area (Å²) in [6.07, 6.45) is 3.76. The van der Waals surface area contributed by atoms with E-state index in [0.717, 1.165) is 12.8 Å². The van der Waals surface area contributed by atoms with Crippen molar-refractivity contribution in [2.45, 2.75) is 18.9 Å². The Balaban J connectivity index is 1.97. The molecule has 0 aliphatic heterocycles. The molecule has 0 heterocycles. The minimum atomic E-state index is 0.0889. The minimum Gasteiger partial charge on any atom is -0.506 e. The van der Waals surface area contributed by atoms with Crippen LogP contribution in [0.15, 0.2) is 21.7 Å². The van der Waals surface area contributed by atoms with Crippen LogP contribution in [-0.2, 0) is 0 Å². The van der Waals surface area contributed by atoms with E-state index in [9.17, 15) is 5.11 Å². The topological polar surface area (TPSA) is 56.7 Å². The summed E-state index contributed by atoms with van der Waals surface area (Å²) in [4.78, 5) is 0. The number of phenols is 1. The second-order valence-electron chi connectivity index (χ2n) is 3.94. The summed E-state index contributed by atoms with van der Waals surface area (Å²) in [6, 6.07) is 3.71. The van der Waals surface area contributed by atoms with E-state index in [4.69, 9.17) is 23.8 Å². The molecule has 1 aliphatic rings. The molecule has 0 radical (unpaired) electrons. The van der Waals surface area contributed by atoms with Crippen molar-refractivity contribution in [2.24, 2.45) is 5.10 Å². The molecule has 0 atom stereocenters. The van der Waals surface area contributed by atoms with Crippen molar-refractivity contribution in [1.82, 2.24) is 10.7 Å². The largest absolute Gasteiger partial charge is 0.506 e. The fraction of sp³-hybridized carbons (Fsp3) is 0.273. The number of nitrogens with zero attached hydrogens (tertiary/aromatic N) is 1. The first-order chi connectivity index (χ1) is 8.56. The summed E-state index contributed by atoms with van der Waals surface area (Å²) in [6.45, 7) is 0. The molecule has 1 aromatic carbocycles. The van der Waals surface area contributed by atoms with Crippen molar-refractivity contribution in [3.8, 4) is 5.75 Å². The van der Waals surface area contributed by atoms with Crippen LogP contribution in [0.5, 0.6) is 5.75 Å². The number of thiocarbonyl (C=S) groups is 1. The van der Waals surface area contributed by atoms with Gasteiger partial charge in [-0.1, -0.05) is 11.6 Å². The predicted octanol–water partition coefficient (Wildman–Crippen LogP) is 2.77. The van der Waals surface area contributed by atoms with Crippen LogP contribution in [0, 0.1) is 0 Å². The lowest BCUT2D eigenvalue weighted by atomic mass is 10.2. The molecule has 1 aromatic rings. The van der Waals surface area contributed by atoms with Crippen LogP contribution in [0.3, 0.4) is 0 Å². The summed E-state index contributed by atoms with van der Waals surface area (Å²) in [7, 11) is 0. The lowest BCUT2D eigenvalue weighted by Gasteiger charge is -2.05. The highest BCUT2D eigenvalue weighted by Gasteiger charge is 2.21. The average molecular weight is 349 g/mol. The fourth-order valence-corrected chi connectivity index (χ4v) is 2.34. The number of nitrogens with one attached hydrogen (secondary N) is 2. The van der Waals surface area contributed by atoms with E-state index >= 15 is 0 Å². The Morgan fingerprint density at radius 3 is 2.94 bits per heavy atom. The Labute approximate surface area is 124 Å². The lowest BCUT2D eigenvalue weighted by Crippen LogP contribution is -2.33. The third-order valence-corrected chi connectivity index (χ3v) is 3.37. The van der Waals surface area contributed by atoms with Gasteiger partial charge in [0.25, 0.3) is 0 Å². The Bertz CT molecular complexity index is 505. The Morgan fingerprint density at radius 1 is 1.56 bits per heavy atom. The summed E-state index contributed by atoms with van der Waals surface area (Å²) in [5.41, 5.74) is 3.20. The van der Waals surface area contributed by atoms with E-state index < -0.39 is 0 Å². The first-order valence-electron chi connectivity index (χ1n) is 5.34. The molecule has 0 spiro atoms. The number of rotatable bonds is 3. The molecular weight excluding hydrogens is 338 g/mol. The van der Waals surface area contributed by atoms with Gasteiger partial charge in [-0.2, -0.15) is 5.10 Å². The zero-order valence-corrected chi connectivity index (χ0v) is 12.4. The van der Waals surface area contributed by atoms with Crippen LogP contribution < -0.4 is 10.7 Å². The summed E-state index contributed by atoms with van der Waals surface area (Å²) in [5.74, 6) is 0.0889. The minimum absolute atomic E-state index is 0.0889. The zero-order valence-electron chi connectivity index (χ0n) is 9.28. The normalized spacial score (nSPS) is 14.8. The van der Waals surface area contributed by atoms with Crippen molar-refractivity contribution in [3.63, 3.8) is 0 Å². The highest BCUT2D eigenvalue weighted by molar-refractivity contribution is 9.10. The van der Waals surface area contributed by atoms with Crippen molar-refractivity contribution in [2.75, 3.05) is 0 Å². The van der Waals surface area contributed by atoms with Crippen molar-refractivity contribution < 1.29 is 5.11 Å². The van der Waals surface area contributed by atoms with Crippen LogP contribution >= 0.6 is 39.7 Å². The molecule has 0 unspecified atom stereocenters. The molecule has 7 heteroatoms. The molecule has 0 saturated heterocycles.